The number of morpholine rings is 1. The van der Waals surface area contributed by atoms with E-state index in [-0.39, 0.29) is 29.6 Å². The van der Waals surface area contributed by atoms with Gasteiger partial charge in [0.1, 0.15) is 28.2 Å². The number of ether oxygens (including phenoxy) is 3. The van der Waals surface area contributed by atoms with Crippen LogP contribution < -0.4 is 32.0 Å². The van der Waals surface area contributed by atoms with Gasteiger partial charge in [0, 0.05) is 50.4 Å². The van der Waals surface area contributed by atoms with E-state index < -0.39 is 17.7 Å². The molecular weight excluding hydrogens is 670 g/mol. The first-order valence-corrected chi connectivity index (χ1v) is 17.0. The Balaban J connectivity index is 1.28. The minimum absolute atomic E-state index is 0.211. The molecule has 0 bridgehead atoms. The number of aromatic nitrogens is 6. The lowest BCUT2D eigenvalue weighted by atomic mass is 10.1. The van der Waals surface area contributed by atoms with Crippen molar-refractivity contribution in [3.05, 3.63) is 65.0 Å². The highest BCUT2D eigenvalue weighted by atomic mass is 16.5. The van der Waals surface area contributed by atoms with E-state index in [1.807, 2.05) is 26.0 Å². The third-order valence-corrected chi connectivity index (χ3v) is 8.81. The number of carbonyl (C=O) groups is 3. The monoisotopic (exact) mass is 713 g/mol. The van der Waals surface area contributed by atoms with Crippen molar-refractivity contribution in [2.24, 2.45) is 11.5 Å². The van der Waals surface area contributed by atoms with Gasteiger partial charge in [-0.3, -0.25) is 29.3 Å². The zero-order valence-corrected chi connectivity index (χ0v) is 29.4. The highest BCUT2D eigenvalue weighted by Gasteiger charge is 2.22. The predicted octanol–water partition coefficient (Wildman–Crippen LogP) is 2.31. The van der Waals surface area contributed by atoms with E-state index in [4.69, 9.17) is 31.4 Å². The molecule has 0 unspecified atom stereocenters. The number of nitrogens with one attached hydrogen (secondary N) is 1. The number of hydrogen-bond acceptors (Lipinski definition) is 11. The normalized spacial score (nSPS) is 13.7. The Bertz CT molecular complexity index is 2160. The molecule has 0 spiro atoms. The Labute approximate surface area is 299 Å². The zero-order valence-electron chi connectivity index (χ0n) is 29.4. The molecule has 3 amide bonds. The first-order valence-electron chi connectivity index (χ1n) is 17.0. The number of benzene rings is 2. The van der Waals surface area contributed by atoms with Gasteiger partial charge in [0.25, 0.3) is 5.91 Å². The van der Waals surface area contributed by atoms with Crippen molar-refractivity contribution in [1.82, 2.24) is 33.8 Å². The quantitative estimate of drug-likeness (QED) is 0.0910. The Morgan fingerprint density at radius 2 is 1.56 bits per heavy atom. The van der Waals surface area contributed by atoms with Gasteiger partial charge >= 0.3 is 0 Å². The molecular formula is C35H43N11O6. The van der Waals surface area contributed by atoms with Crippen molar-refractivity contribution >= 4 is 51.7 Å². The van der Waals surface area contributed by atoms with E-state index in [1.54, 1.807) is 38.1 Å². The first-order chi connectivity index (χ1) is 25.1. The Hall–Kier alpha value is -5.94. The van der Waals surface area contributed by atoms with Gasteiger partial charge in [-0.05, 0) is 50.6 Å². The van der Waals surface area contributed by atoms with E-state index in [1.165, 1.54) is 13.2 Å². The van der Waals surface area contributed by atoms with Crippen molar-refractivity contribution in [3.8, 4) is 11.5 Å². The summed E-state index contributed by atoms with van der Waals surface area (Å²) in [6.07, 6.45) is 4.54. The highest BCUT2D eigenvalue weighted by molar-refractivity contribution is 6.04. The number of imidazole rings is 2. The van der Waals surface area contributed by atoms with Gasteiger partial charge in [-0.25, -0.2) is 9.97 Å². The molecule has 17 nitrogen and oxygen atoms in total. The Morgan fingerprint density at radius 1 is 0.923 bits per heavy atom. The fourth-order valence-electron chi connectivity index (χ4n) is 6.28. The second kappa shape index (κ2) is 15.5. The van der Waals surface area contributed by atoms with Crippen molar-refractivity contribution in [2.75, 3.05) is 57.6 Å². The van der Waals surface area contributed by atoms with Crippen LogP contribution in [-0.2, 0) is 24.4 Å². The van der Waals surface area contributed by atoms with E-state index in [0.29, 0.717) is 64.7 Å². The topological polar surface area (TPSA) is 226 Å². The molecule has 4 heterocycles. The maximum atomic E-state index is 13.5. The van der Waals surface area contributed by atoms with E-state index in [2.05, 4.69) is 25.3 Å². The Morgan fingerprint density at radius 3 is 2.21 bits per heavy atom. The lowest BCUT2D eigenvalue weighted by Gasteiger charge is -2.26. The summed E-state index contributed by atoms with van der Waals surface area (Å²) in [5.41, 5.74) is 21.2. The van der Waals surface area contributed by atoms with Crippen LogP contribution in [-0.4, -0.2) is 98.1 Å². The molecule has 1 fully saturated rings. The summed E-state index contributed by atoms with van der Waals surface area (Å²) in [6.45, 7) is 9.22. The number of fused-ring (bicyclic) bond motifs is 2. The number of nitrogens with zero attached hydrogens (tertiary/aromatic N) is 7. The molecule has 0 atom stereocenters. The molecule has 1 saturated heterocycles. The minimum Gasteiger partial charge on any atom is -0.494 e. The third kappa shape index (κ3) is 7.54. The van der Waals surface area contributed by atoms with Crippen LogP contribution in [0.15, 0.2) is 42.5 Å². The number of methoxy groups -OCH3 is 1. The molecule has 6 rings (SSSR count). The average molecular weight is 714 g/mol. The number of primary amides is 2. The summed E-state index contributed by atoms with van der Waals surface area (Å²) in [7, 11) is 1.48. The van der Waals surface area contributed by atoms with Crippen molar-refractivity contribution in [1.29, 1.82) is 0 Å². The number of amides is 3. The predicted molar refractivity (Wildman–Crippen MR) is 195 cm³/mol. The largest absolute Gasteiger partial charge is 0.494 e. The summed E-state index contributed by atoms with van der Waals surface area (Å²) in [5.74, 6) is -0.384. The van der Waals surface area contributed by atoms with Gasteiger partial charge in [-0.15, -0.1) is 0 Å². The number of nitrogens with two attached hydrogens (primary N) is 3. The van der Waals surface area contributed by atoms with Gasteiger partial charge in [0.15, 0.2) is 0 Å². The average Bonchev–Trinajstić information content (AvgIpc) is 3.79. The standard InChI is InChI=1S/C35H43N11O6/c1-4-46-26(16-21(2)42-46)33(49)41-35-40-25-18-22(31(36)47)19-27(50-3)29(25)45(35)10-6-5-9-44-30-24(39-34(44)38)17-23(32(37)48)20-28(30)52-13-7-8-43-11-14-51-15-12-43/h5-6,16-20H,4,7-15H2,1-3H3,(H2,36,47)(H2,37,48)(H2,38,39)(H,40,41,49)/b6-5+. The summed E-state index contributed by atoms with van der Waals surface area (Å²) in [4.78, 5) is 49.2. The fourth-order valence-corrected chi connectivity index (χ4v) is 6.28. The molecule has 5 aromatic rings. The number of anilines is 2. The van der Waals surface area contributed by atoms with Crippen molar-refractivity contribution in [3.63, 3.8) is 0 Å². The lowest BCUT2D eigenvalue weighted by molar-refractivity contribution is 0.0358. The molecule has 2 aromatic carbocycles. The number of rotatable bonds is 15. The number of nitrogen functional groups attached to an aromatic ring is 1. The third-order valence-electron chi connectivity index (χ3n) is 8.81. The number of allylic oxidation sites excluding steroid dienone is 2. The van der Waals surface area contributed by atoms with Crippen LogP contribution in [0.1, 0.15) is 50.2 Å². The number of carbonyl (C=O) groups excluding carboxylic acids is 3. The van der Waals surface area contributed by atoms with Crippen LogP contribution in [0.3, 0.4) is 0 Å². The lowest BCUT2D eigenvalue weighted by Crippen LogP contribution is -2.37. The molecule has 52 heavy (non-hydrogen) atoms. The SMILES string of the molecule is CCn1nc(C)cc1C(=O)Nc1nc2cc(C(N)=O)cc(OC)c2n1C/C=C/Cn1c(N)nc2cc(C(N)=O)cc(OCCCN3CCOCC3)c21. The molecule has 3 aromatic heterocycles. The molecule has 0 saturated carbocycles. The maximum Gasteiger partial charge on any atom is 0.276 e. The summed E-state index contributed by atoms with van der Waals surface area (Å²) in [6, 6.07) is 8.00. The summed E-state index contributed by atoms with van der Waals surface area (Å²) in [5, 5.41) is 7.29. The van der Waals surface area contributed by atoms with Crippen molar-refractivity contribution in [2.45, 2.75) is 39.9 Å². The van der Waals surface area contributed by atoms with E-state index in [9.17, 15) is 14.4 Å². The van der Waals surface area contributed by atoms with Gasteiger partial charge in [0.05, 0.1) is 43.7 Å². The van der Waals surface area contributed by atoms with Gasteiger partial charge in [-0.2, -0.15) is 5.10 Å². The fraction of sp³-hybridized carbons (Fsp3) is 0.371. The van der Waals surface area contributed by atoms with Gasteiger partial charge in [0.2, 0.25) is 23.7 Å². The molecule has 1 aliphatic heterocycles. The summed E-state index contributed by atoms with van der Waals surface area (Å²) < 4.78 is 22.5. The molecule has 0 aliphatic carbocycles. The van der Waals surface area contributed by atoms with Gasteiger partial charge in [-0.1, -0.05) is 12.2 Å². The minimum atomic E-state index is -0.642. The Kier molecular flexibility index (Phi) is 10.7. The van der Waals surface area contributed by atoms with Crippen LogP contribution in [0.2, 0.25) is 0 Å². The van der Waals surface area contributed by atoms with E-state index >= 15 is 0 Å². The second-order valence-corrected chi connectivity index (χ2v) is 12.3. The zero-order chi connectivity index (χ0) is 36.9. The van der Waals surface area contributed by atoms with Crippen LogP contribution in [0.4, 0.5) is 11.9 Å². The maximum absolute atomic E-state index is 13.5. The molecule has 17 heteroatoms. The molecule has 7 N–H and O–H groups in total. The van der Waals surface area contributed by atoms with Crippen LogP contribution in [0, 0.1) is 6.92 Å². The van der Waals surface area contributed by atoms with Gasteiger partial charge < -0.3 is 40.5 Å². The van der Waals surface area contributed by atoms with Crippen LogP contribution in [0.5, 0.6) is 11.5 Å². The van der Waals surface area contributed by atoms with Crippen molar-refractivity contribution < 1.29 is 28.6 Å². The smallest absolute Gasteiger partial charge is 0.276 e. The molecule has 1 aliphatic rings. The first kappa shape index (κ1) is 35.9. The highest BCUT2D eigenvalue weighted by Crippen LogP contribution is 2.32. The summed E-state index contributed by atoms with van der Waals surface area (Å²) >= 11 is 0. The molecule has 274 valence electrons. The second-order valence-electron chi connectivity index (χ2n) is 12.3. The molecule has 0 radical (unpaired) electrons. The van der Waals surface area contributed by atoms with Crippen LogP contribution >= 0.6 is 0 Å². The van der Waals surface area contributed by atoms with E-state index in [0.717, 1.165) is 39.3 Å². The number of aryl methyl sites for hydroxylation is 2. The van der Waals surface area contributed by atoms with Crippen LogP contribution in [0.25, 0.3) is 22.1 Å². The number of hydrogen-bond donors (Lipinski definition) is 4.